The summed E-state index contributed by atoms with van der Waals surface area (Å²) in [6.07, 6.45) is 3.62. The van der Waals surface area contributed by atoms with Crippen LogP contribution in [0.15, 0.2) is 0 Å². The highest BCUT2D eigenvalue weighted by Crippen LogP contribution is 1.89. The highest BCUT2D eigenvalue weighted by molar-refractivity contribution is 4.54. The maximum absolute atomic E-state index is 5.28. The number of nitrogens with one attached hydrogen (secondary N) is 2. The maximum atomic E-state index is 5.28. The molecule has 3 nitrogen and oxygen atoms in total. The van der Waals surface area contributed by atoms with E-state index in [0.29, 0.717) is 0 Å². The van der Waals surface area contributed by atoms with Crippen LogP contribution in [0.5, 0.6) is 0 Å². The van der Waals surface area contributed by atoms with Crippen molar-refractivity contribution in [2.75, 3.05) is 39.4 Å². The molecular formula is C13H30N2O. The van der Waals surface area contributed by atoms with E-state index in [9.17, 15) is 0 Å². The summed E-state index contributed by atoms with van der Waals surface area (Å²) in [5.41, 5.74) is 0. The molecular weight excluding hydrogens is 200 g/mol. The van der Waals surface area contributed by atoms with E-state index < -0.39 is 0 Å². The zero-order valence-electron chi connectivity index (χ0n) is 11.3. The minimum Gasteiger partial charge on any atom is -0.382 e. The van der Waals surface area contributed by atoms with Crippen LogP contribution in [0.25, 0.3) is 0 Å². The van der Waals surface area contributed by atoms with Crippen molar-refractivity contribution in [3.8, 4) is 0 Å². The fourth-order valence-electron chi connectivity index (χ4n) is 1.45. The summed E-state index contributed by atoms with van der Waals surface area (Å²) in [4.78, 5) is 0. The Morgan fingerprint density at radius 1 is 0.938 bits per heavy atom. The van der Waals surface area contributed by atoms with Crippen LogP contribution < -0.4 is 10.6 Å². The summed E-state index contributed by atoms with van der Waals surface area (Å²) in [5.74, 6) is 0.756. The van der Waals surface area contributed by atoms with Crippen molar-refractivity contribution in [1.29, 1.82) is 0 Å². The number of unbranched alkanes of at least 4 members (excludes halogenated alkanes) is 1. The second-order valence-electron chi connectivity index (χ2n) is 4.61. The minimum atomic E-state index is 0.756. The lowest BCUT2D eigenvalue weighted by Gasteiger charge is -2.08. The quantitative estimate of drug-likeness (QED) is 0.503. The largest absolute Gasteiger partial charge is 0.382 e. The van der Waals surface area contributed by atoms with Crippen LogP contribution in [-0.2, 0) is 4.74 Å². The predicted molar refractivity (Wildman–Crippen MR) is 70.9 cm³/mol. The van der Waals surface area contributed by atoms with E-state index in [2.05, 4.69) is 24.5 Å². The zero-order valence-corrected chi connectivity index (χ0v) is 11.3. The third kappa shape index (κ3) is 13.9. The van der Waals surface area contributed by atoms with Crippen LogP contribution in [0.4, 0.5) is 0 Å². The van der Waals surface area contributed by atoms with Gasteiger partial charge in [0.15, 0.2) is 0 Å². The Morgan fingerprint density at radius 3 is 2.31 bits per heavy atom. The van der Waals surface area contributed by atoms with Gasteiger partial charge in [-0.1, -0.05) is 13.8 Å². The second kappa shape index (κ2) is 12.9. The van der Waals surface area contributed by atoms with E-state index in [4.69, 9.17) is 4.74 Å². The Labute approximate surface area is 101 Å². The molecule has 0 aromatic carbocycles. The van der Waals surface area contributed by atoms with Crippen molar-refractivity contribution in [2.24, 2.45) is 5.92 Å². The molecule has 0 aliphatic heterocycles. The third-order valence-electron chi connectivity index (χ3n) is 2.36. The highest BCUT2D eigenvalue weighted by Gasteiger charge is 1.93. The van der Waals surface area contributed by atoms with E-state index in [1.54, 1.807) is 0 Å². The van der Waals surface area contributed by atoms with Crippen LogP contribution in [0.1, 0.15) is 40.0 Å². The van der Waals surface area contributed by atoms with Gasteiger partial charge in [0.25, 0.3) is 0 Å². The summed E-state index contributed by atoms with van der Waals surface area (Å²) < 4.78 is 5.28. The Bertz CT molecular complexity index is 129. The van der Waals surface area contributed by atoms with Crippen molar-refractivity contribution in [1.82, 2.24) is 10.6 Å². The molecule has 16 heavy (non-hydrogen) atoms. The Balaban J connectivity index is 2.88. The molecule has 0 heterocycles. The van der Waals surface area contributed by atoms with Gasteiger partial charge in [-0.2, -0.15) is 0 Å². The molecule has 0 aliphatic carbocycles. The van der Waals surface area contributed by atoms with Gasteiger partial charge in [0.1, 0.15) is 0 Å². The first kappa shape index (κ1) is 15.9. The van der Waals surface area contributed by atoms with Gasteiger partial charge in [0, 0.05) is 13.2 Å². The van der Waals surface area contributed by atoms with Gasteiger partial charge in [0.2, 0.25) is 0 Å². The van der Waals surface area contributed by atoms with Crippen LogP contribution >= 0.6 is 0 Å². The van der Waals surface area contributed by atoms with Crippen LogP contribution in [0.2, 0.25) is 0 Å². The van der Waals surface area contributed by atoms with Gasteiger partial charge in [-0.25, -0.2) is 0 Å². The lowest BCUT2D eigenvalue weighted by Crippen LogP contribution is -2.25. The molecule has 2 N–H and O–H groups in total. The minimum absolute atomic E-state index is 0.756. The Morgan fingerprint density at radius 2 is 1.62 bits per heavy atom. The van der Waals surface area contributed by atoms with E-state index in [-0.39, 0.29) is 0 Å². The van der Waals surface area contributed by atoms with Gasteiger partial charge in [-0.05, 0) is 58.3 Å². The predicted octanol–water partition coefficient (Wildman–Crippen LogP) is 2.03. The first-order valence-electron chi connectivity index (χ1n) is 6.76. The first-order chi connectivity index (χ1) is 7.77. The average Bonchev–Trinajstić information content (AvgIpc) is 2.25. The van der Waals surface area contributed by atoms with E-state index in [1.807, 2.05) is 6.92 Å². The van der Waals surface area contributed by atoms with Crippen molar-refractivity contribution in [3.63, 3.8) is 0 Å². The SMILES string of the molecule is CCOCCCCNCCCNCC(C)C. The monoisotopic (exact) mass is 230 g/mol. The van der Waals surface area contributed by atoms with Crippen molar-refractivity contribution >= 4 is 0 Å². The molecule has 0 fully saturated rings. The Kier molecular flexibility index (Phi) is 12.9. The molecule has 0 atom stereocenters. The normalized spacial score (nSPS) is 11.2. The summed E-state index contributed by atoms with van der Waals surface area (Å²) in [7, 11) is 0. The highest BCUT2D eigenvalue weighted by atomic mass is 16.5. The molecule has 0 radical (unpaired) electrons. The molecule has 0 aromatic rings. The standard InChI is InChI=1S/C13H30N2O/c1-4-16-11-6-5-8-14-9-7-10-15-12-13(2)3/h13-15H,4-12H2,1-3H3. The molecule has 0 spiro atoms. The smallest absolute Gasteiger partial charge is 0.0466 e. The number of ether oxygens (including phenoxy) is 1. The number of hydrogen-bond acceptors (Lipinski definition) is 3. The van der Waals surface area contributed by atoms with Crippen LogP contribution in [-0.4, -0.2) is 39.4 Å². The van der Waals surface area contributed by atoms with Crippen molar-refractivity contribution in [2.45, 2.75) is 40.0 Å². The van der Waals surface area contributed by atoms with E-state index in [0.717, 1.165) is 45.3 Å². The van der Waals surface area contributed by atoms with E-state index in [1.165, 1.54) is 19.3 Å². The van der Waals surface area contributed by atoms with Crippen LogP contribution in [0.3, 0.4) is 0 Å². The Hall–Kier alpha value is -0.120. The van der Waals surface area contributed by atoms with Crippen molar-refractivity contribution in [3.05, 3.63) is 0 Å². The summed E-state index contributed by atoms with van der Waals surface area (Å²) in [6, 6.07) is 0. The number of rotatable bonds is 12. The molecule has 0 aromatic heterocycles. The van der Waals surface area contributed by atoms with Gasteiger partial charge >= 0.3 is 0 Å². The second-order valence-corrected chi connectivity index (χ2v) is 4.61. The fraction of sp³-hybridized carbons (Fsp3) is 1.00. The van der Waals surface area contributed by atoms with E-state index >= 15 is 0 Å². The molecule has 0 amide bonds. The third-order valence-corrected chi connectivity index (χ3v) is 2.36. The summed E-state index contributed by atoms with van der Waals surface area (Å²) >= 11 is 0. The maximum Gasteiger partial charge on any atom is 0.0466 e. The van der Waals surface area contributed by atoms with Gasteiger partial charge in [0.05, 0.1) is 0 Å². The molecule has 3 heteroatoms. The first-order valence-corrected chi connectivity index (χ1v) is 6.76. The van der Waals surface area contributed by atoms with Gasteiger partial charge in [-0.15, -0.1) is 0 Å². The van der Waals surface area contributed by atoms with Gasteiger partial charge in [-0.3, -0.25) is 0 Å². The molecule has 0 saturated carbocycles. The molecule has 0 rings (SSSR count). The van der Waals surface area contributed by atoms with Gasteiger partial charge < -0.3 is 15.4 Å². The lowest BCUT2D eigenvalue weighted by molar-refractivity contribution is 0.143. The van der Waals surface area contributed by atoms with Crippen LogP contribution in [0, 0.1) is 5.92 Å². The molecule has 0 saturated heterocycles. The molecule has 0 unspecified atom stereocenters. The lowest BCUT2D eigenvalue weighted by atomic mass is 10.2. The summed E-state index contributed by atoms with van der Waals surface area (Å²) in [5, 5.41) is 6.90. The number of hydrogen-bond donors (Lipinski definition) is 2. The molecule has 0 aliphatic rings. The zero-order chi connectivity index (χ0) is 12.1. The van der Waals surface area contributed by atoms with Crippen molar-refractivity contribution < 1.29 is 4.74 Å². The summed E-state index contributed by atoms with van der Waals surface area (Å²) in [6.45, 7) is 12.8. The fourth-order valence-corrected chi connectivity index (χ4v) is 1.45. The molecule has 0 bridgehead atoms. The molecule has 98 valence electrons. The average molecular weight is 230 g/mol. The topological polar surface area (TPSA) is 33.3 Å².